The van der Waals surface area contributed by atoms with Crippen molar-refractivity contribution in [3.8, 4) is 0 Å². The standard InChI is InChI=1S/C15H17Cl3N2O/c16-9-6-10(17)14(11(18)7-9)20-15(21)13-5-8-3-1-2-4-12(8)19-13/h6-8,12-13,19H,1-5H2,(H,20,21). The number of benzene rings is 1. The van der Waals surface area contributed by atoms with Gasteiger partial charge in [0.05, 0.1) is 21.8 Å². The van der Waals surface area contributed by atoms with E-state index in [1.54, 1.807) is 12.1 Å². The lowest BCUT2D eigenvalue weighted by atomic mass is 9.85. The Balaban J connectivity index is 1.70. The third-order valence-electron chi connectivity index (χ3n) is 4.43. The second kappa shape index (κ2) is 6.33. The summed E-state index contributed by atoms with van der Waals surface area (Å²) in [6, 6.07) is 3.46. The molecule has 0 radical (unpaired) electrons. The van der Waals surface area contributed by atoms with Crippen LogP contribution in [0.1, 0.15) is 32.1 Å². The SMILES string of the molecule is O=C(Nc1c(Cl)cc(Cl)cc1Cl)C1CC2CCCCC2N1. The van der Waals surface area contributed by atoms with Crippen LogP contribution in [0.2, 0.25) is 15.1 Å². The van der Waals surface area contributed by atoms with E-state index in [9.17, 15) is 4.79 Å². The van der Waals surface area contributed by atoms with Gasteiger partial charge in [-0.2, -0.15) is 0 Å². The highest BCUT2D eigenvalue weighted by Gasteiger charge is 2.38. The minimum atomic E-state index is -0.166. The molecule has 1 saturated heterocycles. The van der Waals surface area contributed by atoms with E-state index in [-0.39, 0.29) is 11.9 Å². The third kappa shape index (κ3) is 3.31. The van der Waals surface area contributed by atoms with E-state index in [1.165, 1.54) is 19.3 Å². The Bertz CT molecular complexity index is 527. The van der Waals surface area contributed by atoms with Gasteiger partial charge in [0.1, 0.15) is 0 Å². The van der Waals surface area contributed by atoms with Gasteiger partial charge in [0.15, 0.2) is 0 Å². The molecule has 1 aliphatic heterocycles. The van der Waals surface area contributed by atoms with E-state index < -0.39 is 0 Å². The average molecular weight is 348 g/mol. The van der Waals surface area contributed by atoms with Crippen molar-refractivity contribution in [3.05, 3.63) is 27.2 Å². The number of amides is 1. The zero-order valence-corrected chi connectivity index (χ0v) is 13.7. The fourth-order valence-electron chi connectivity index (χ4n) is 3.39. The Morgan fingerprint density at radius 1 is 1.14 bits per heavy atom. The van der Waals surface area contributed by atoms with Crippen LogP contribution in [-0.4, -0.2) is 18.0 Å². The van der Waals surface area contributed by atoms with Gasteiger partial charge in [-0.3, -0.25) is 4.79 Å². The summed E-state index contributed by atoms with van der Waals surface area (Å²) in [5.74, 6) is 0.543. The summed E-state index contributed by atoms with van der Waals surface area (Å²) >= 11 is 18.1. The Morgan fingerprint density at radius 2 is 1.81 bits per heavy atom. The molecular formula is C15H17Cl3N2O. The number of nitrogens with one attached hydrogen (secondary N) is 2. The molecule has 3 nitrogen and oxygen atoms in total. The molecule has 114 valence electrons. The van der Waals surface area contributed by atoms with Gasteiger partial charge >= 0.3 is 0 Å². The van der Waals surface area contributed by atoms with Crippen LogP contribution < -0.4 is 10.6 Å². The number of carbonyl (C=O) groups excluding carboxylic acids is 1. The molecule has 1 saturated carbocycles. The van der Waals surface area contributed by atoms with Crippen LogP contribution in [-0.2, 0) is 4.79 Å². The van der Waals surface area contributed by atoms with Crippen LogP contribution in [0.4, 0.5) is 5.69 Å². The molecular weight excluding hydrogens is 331 g/mol. The second-order valence-electron chi connectivity index (χ2n) is 5.84. The average Bonchev–Trinajstić information content (AvgIpc) is 2.86. The number of hydrogen-bond acceptors (Lipinski definition) is 2. The number of hydrogen-bond donors (Lipinski definition) is 2. The van der Waals surface area contributed by atoms with Crippen LogP contribution >= 0.6 is 34.8 Å². The molecule has 1 aromatic carbocycles. The van der Waals surface area contributed by atoms with Crippen molar-refractivity contribution in [2.24, 2.45) is 5.92 Å². The van der Waals surface area contributed by atoms with Gasteiger partial charge in [0, 0.05) is 11.1 Å². The Labute approximate surface area is 139 Å². The summed E-state index contributed by atoms with van der Waals surface area (Å²) < 4.78 is 0. The normalized spacial score (nSPS) is 28.2. The summed E-state index contributed by atoms with van der Waals surface area (Å²) in [6.45, 7) is 0. The Hall–Kier alpha value is -0.480. The summed E-state index contributed by atoms with van der Waals surface area (Å²) in [7, 11) is 0. The monoisotopic (exact) mass is 346 g/mol. The number of rotatable bonds is 2. The van der Waals surface area contributed by atoms with Gasteiger partial charge < -0.3 is 10.6 Å². The molecule has 1 amide bonds. The largest absolute Gasteiger partial charge is 0.322 e. The lowest BCUT2D eigenvalue weighted by Crippen LogP contribution is -2.40. The van der Waals surface area contributed by atoms with Crippen molar-refractivity contribution in [1.82, 2.24) is 5.32 Å². The van der Waals surface area contributed by atoms with Gasteiger partial charge in [-0.15, -0.1) is 0 Å². The van der Waals surface area contributed by atoms with Crippen LogP contribution in [0.3, 0.4) is 0 Å². The maximum Gasteiger partial charge on any atom is 0.241 e. The topological polar surface area (TPSA) is 41.1 Å². The van der Waals surface area contributed by atoms with Crippen LogP contribution in [0.5, 0.6) is 0 Å². The van der Waals surface area contributed by atoms with Crippen molar-refractivity contribution in [2.45, 2.75) is 44.2 Å². The van der Waals surface area contributed by atoms with Gasteiger partial charge in [0.25, 0.3) is 0 Å². The molecule has 0 bridgehead atoms. The molecule has 21 heavy (non-hydrogen) atoms. The minimum absolute atomic E-state index is 0.0736. The first-order valence-corrected chi connectivity index (χ1v) is 8.39. The molecule has 2 fully saturated rings. The minimum Gasteiger partial charge on any atom is -0.322 e. The zero-order chi connectivity index (χ0) is 15.0. The quantitative estimate of drug-likeness (QED) is 0.826. The van der Waals surface area contributed by atoms with E-state index in [4.69, 9.17) is 34.8 Å². The van der Waals surface area contributed by atoms with Crippen LogP contribution in [0, 0.1) is 5.92 Å². The van der Waals surface area contributed by atoms with Gasteiger partial charge in [-0.25, -0.2) is 0 Å². The first-order valence-electron chi connectivity index (χ1n) is 7.26. The van der Waals surface area contributed by atoms with E-state index >= 15 is 0 Å². The van der Waals surface area contributed by atoms with Crippen molar-refractivity contribution in [2.75, 3.05) is 5.32 Å². The van der Waals surface area contributed by atoms with Crippen molar-refractivity contribution >= 4 is 46.4 Å². The lowest BCUT2D eigenvalue weighted by molar-refractivity contribution is -0.117. The number of anilines is 1. The van der Waals surface area contributed by atoms with Crippen LogP contribution in [0.25, 0.3) is 0 Å². The Morgan fingerprint density at radius 3 is 2.48 bits per heavy atom. The van der Waals surface area contributed by atoms with Crippen molar-refractivity contribution in [1.29, 1.82) is 0 Å². The van der Waals surface area contributed by atoms with E-state index in [1.807, 2.05) is 0 Å². The molecule has 3 atom stereocenters. The summed E-state index contributed by atoms with van der Waals surface area (Å²) in [5, 5.41) is 7.44. The molecule has 3 unspecified atom stereocenters. The highest BCUT2D eigenvalue weighted by atomic mass is 35.5. The molecule has 6 heteroatoms. The fraction of sp³-hybridized carbons (Fsp3) is 0.533. The molecule has 1 aliphatic carbocycles. The predicted molar refractivity (Wildman–Crippen MR) is 87.4 cm³/mol. The van der Waals surface area contributed by atoms with E-state index in [0.29, 0.717) is 32.7 Å². The van der Waals surface area contributed by atoms with Gasteiger partial charge in [-0.05, 0) is 37.3 Å². The predicted octanol–water partition coefficient (Wildman–Crippen LogP) is 4.51. The Kier molecular flexibility index (Phi) is 4.65. The number of carbonyl (C=O) groups is 1. The van der Waals surface area contributed by atoms with Crippen LogP contribution in [0.15, 0.2) is 12.1 Å². The molecule has 2 N–H and O–H groups in total. The first kappa shape index (κ1) is 15.4. The number of fused-ring (bicyclic) bond motifs is 1. The maximum absolute atomic E-state index is 12.4. The maximum atomic E-state index is 12.4. The molecule has 3 rings (SSSR count). The highest BCUT2D eigenvalue weighted by molar-refractivity contribution is 6.42. The zero-order valence-electron chi connectivity index (χ0n) is 11.5. The summed E-state index contributed by atoms with van der Waals surface area (Å²) in [5.41, 5.74) is 0.435. The molecule has 1 aromatic rings. The van der Waals surface area contributed by atoms with Crippen molar-refractivity contribution in [3.63, 3.8) is 0 Å². The smallest absolute Gasteiger partial charge is 0.241 e. The van der Waals surface area contributed by atoms with E-state index in [0.717, 1.165) is 12.8 Å². The fourth-order valence-corrected chi connectivity index (χ4v) is 4.30. The molecule has 0 aromatic heterocycles. The first-order chi connectivity index (χ1) is 10.0. The van der Waals surface area contributed by atoms with Gasteiger partial charge in [0.2, 0.25) is 5.91 Å². The molecule has 1 heterocycles. The lowest BCUT2D eigenvalue weighted by Gasteiger charge is -2.24. The van der Waals surface area contributed by atoms with E-state index in [2.05, 4.69) is 10.6 Å². The van der Waals surface area contributed by atoms with Gasteiger partial charge in [-0.1, -0.05) is 47.6 Å². The summed E-state index contributed by atoms with van der Waals surface area (Å²) in [4.78, 5) is 12.4. The second-order valence-corrected chi connectivity index (χ2v) is 7.09. The summed E-state index contributed by atoms with van der Waals surface area (Å²) in [6.07, 6.45) is 5.78. The third-order valence-corrected chi connectivity index (χ3v) is 5.25. The van der Waals surface area contributed by atoms with Crippen molar-refractivity contribution < 1.29 is 4.79 Å². The molecule has 2 aliphatic rings. The molecule has 0 spiro atoms. The number of halogens is 3. The highest BCUT2D eigenvalue weighted by Crippen LogP contribution is 2.36.